The fourth-order valence-electron chi connectivity index (χ4n) is 2.14. The monoisotopic (exact) mass is 299 g/mol. The van der Waals surface area contributed by atoms with Gasteiger partial charge in [0.2, 0.25) is 0 Å². The molecule has 1 unspecified atom stereocenters. The van der Waals surface area contributed by atoms with E-state index in [0.717, 1.165) is 11.3 Å². The summed E-state index contributed by atoms with van der Waals surface area (Å²) in [7, 11) is -1.41. The smallest absolute Gasteiger partial charge is 0.154 e. The van der Waals surface area contributed by atoms with Crippen molar-refractivity contribution in [2.45, 2.75) is 44.6 Å². The highest BCUT2D eigenvalue weighted by Gasteiger charge is 2.39. The summed E-state index contributed by atoms with van der Waals surface area (Å²) in [5, 5.41) is 3.11. The van der Waals surface area contributed by atoms with E-state index in [9.17, 15) is 8.42 Å². The molecule has 1 aromatic carbocycles. The average Bonchev–Trinajstić information content (AvgIpc) is 2.29. The van der Waals surface area contributed by atoms with Crippen LogP contribution >= 0.6 is 0 Å². The van der Waals surface area contributed by atoms with Crippen LogP contribution in [-0.2, 0) is 9.84 Å². The van der Waals surface area contributed by atoms with Gasteiger partial charge in [-0.25, -0.2) is 8.42 Å². The van der Waals surface area contributed by atoms with Crippen LogP contribution in [0.1, 0.15) is 39.3 Å². The molecule has 5 heteroatoms. The van der Waals surface area contributed by atoms with Gasteiger partial charge in [-0.05, 0) is 52.4 Å². The first-order chi connectivity index (χ1) is 9.09. The Morgan fingerprint density at radius 1 is 1.15 bits per heavy atom. The predicted molar refractivity (Wildman–Crippen MR) is 82.9 cm³/mol. The van der Waals surface area contributed by atoms with Crippen molar-refractivity contribution in [3.05, 3.63) is 29.8 Å². The van der Waals surface area contributed by atoms with E-state index in [4.69, 9.17) is 4.74 Å². The topological polar surface area (TPSA) is 55.4 Å². The fraction of sp³-hybridized carbons (Fsp3) is 0.600. The summed E-state index contributed by atoms with van der Waals surface area (Å²) in [6.45, 7) is 7.41. The van der Waals surface area contributed by atoms with Crippen LogP contribution in [0.25, 0.3) is 0 Å². The molecule has 0 saturated carbocycles. The number of hydrogen-bond donors (Lipinski definition) is 1. The first-order valence-electron chi connectivity index (χ1n) is 6.73. The Balaban J connectivity index is 3.08. The van der Waals surface area contributed by atoms with Crippen molar-refractivity contribution >= 4 is 9.84 Å². The minimum atomic E-state index is -3.18. The molecule has 0 aliphatic rings. The van der Waals surface area contributed by atoms with Crippen LogP contribution in [0.4, 0.5) is 0 Å². The first-order valence-corrected chi connectivity index (χ1v) is 8.62. The molecular formula is C15H25NO3S. The van der Waals surface area contributed by atoms with Crippen molar-refractivity contribution in [3.8, 4) is 5.75 Å². The normalized spacial score (nSPS) is 14.3. The zero-order valence-corrected chi connectivity index (χ0v) is 13.9. The van der Waals surface area contributed by atoms with Gasteiger partial charge in [-0.3, -0.25) is 0 Å². The first kappa shape index (κ1) is 17.0. The molecule has 0 fully saturated rings. The number of hydrogen-bond acceptors (Lipinski definition) is 4. The lowest BCUT2D eigenvalue weighted by atomic mass is 9.95. The van der Waals surface area contributed by atoms with Gasteiger partial charge < -0.3 is 10.1 Å². The van der Waals surface area contributed by atoms with Crippen molar-refractivity contribution in [2.24, 2.45) is 0 Å². The highest BCUT2D eigenvalue weighted by Crippen LogP contribution is 2.32. The van der Waals surface area contributed by atoms with E-state index in [1.807, 2.05) is 38.1 Å². The van der Waals surface area contributed by atoms with Crippen LogP contribution in [0.3, 0.4) is 0 Å². The third kappa shape index (κ3) is 3.73. The van der Waals surface area contributed by atoms with Crippen LogP contribution in [-0.4, -0.2) is 32.6 Å². The molecule has 0 radical (unpaired) electrons. The Hall–Kier alpha value is -1.07. The standard InChI is InChI=1S/C15H25NO3S/c1-11(2)19-13-9-7-12(8-10-13)14(16-5)15(3,4)20(6,17)18/h7-11,14,16H,1-6H3. The van der Waals surface area contributed by atoms with E-state index in [-0.39, 0.29) is 12.1 Å². The molecule has 1 rings (SSSR count). The number of benzene rings is 1. The van der Waals surface area contributed by atoms with Crippen molar-refractivity contribution in [1.29, 1.82) is 0 Å². The molecule has 1 N–H and O–H groups in total. The van der Waals surface area contributed by atoms with Gasteiger partial charge in [0, 0.05) is 6.26 Å². The average molecular weight is 299 g/mol. The van der Waals surface area contributed by atoms with Gasteiger partial charge in [0.1, 0.15) is 5.75 Å². The second-order valence-electron chi connectivity index (χ2n) is 5.83. The van der Waals surface area contributed by atoms with Gasteiger partial charge in [0.25, 0.3) is 0 Å². The zero-order chi connectivity index (χ0) is 15.6. The SMILES string of the molecule is CNC(c1ccc(OC(C)C)cc1)C(C)(C)S(C)(=O)=O. The largest absolute Gasteiger partial charge is 0.491 e. The molecule has 0 heterocycles. The summed E-state index contributed by atoms with van der Waals surface area (Å²) < 4.78 is 28.7. The lowest BCUT2D eigenvalue weighted by molar-refractivity contribution is 0.242. The molecule has 0 amide bonds. The number of ether oxygens (including phenoxy) is 1. The summed E-state index contributed by atoms with van der Waals surface area (Å²) in [4.78, 5) is 0. The molecule has 0 spiro atoms. The second kappa shape index (κ2) is 6.14. The van der Waals surface area contributed by atoms with E-state index < -0.39 is 14.6 Å². The van der Waals surface area contributed by atoms with Crippen LogP contribution in [0, 0.1) is 0 Å². The second-order valence-corrected chi connectivity index (χ2v) is 8.43. The quantitative estimate of drug-likeness (QED) is 0.877. The maximum Gasteiger partial charge on any atom is 0.154 e. The molecule has 0 aliphatic heterocycles. The molecule has 114 valence electrons. The van der Waals surface area contributed by atoms with E-state index in [0.29, 0.717) is 0 Å². The van der Waals surface area contributed by atoms with E-state index in [2.05, 4.69) is 5.32 Å². The van der Waals surface area contributed by atoms with Crippen molar-refractivity contribution in [1.82, 2.24) is 5.32 Å². The molecule has 0 saturated heterocycles. The summed E-state index contributed by atoms with van der Waals surface area (Å²) in [6.07, 6.45) is 1.39. The molecule has 1 aromatic rings. The molecule has 20 heavy (non-hydrogen) atoms. The van der Waals surface area contributed by atoms with Crippen molar-refractivity contribution < 1.29 is 13.2 Å². The van der Waals surface area contributed by atoms with Crippen molar-refractivity contribution in [2.75, 3.05) is 13.3 Å². The third-order valence-electron chi connectivity index (χ3n) is 3.52. The Morgan fingerprint density at radius 2 is 1.65 bits per heavy atom. The summed E-state index contributed by atoms with van der Waals surface area (Å²) in [5.74, 6) is 0.788. The summed E-state index contributed by atoms with van der Waals surface area (Å²) in [5.41, 5.74) is 0.930. The van der Waals surface area contributed by atoms with Crippen LogP contribution in [0.15, 0.2) is 24.3 Å². The Morgan fingerprint density at radius 3 is 2.00 bits per heavy atom. The zero-order valence-electron chi connectivity index (χ0n) is 13.1. The molecule has 1 atom stereocenters. The maximum absolute atomic E-state index is 12.0. The van der Waals surface area contributed by atoms with Crippen LogP contribution in [0.2, 0.25) is 0 Å². The Bertz CT molecular complexity index is 533. The number of sulfone groups is 1. The third-order valence-corrected chi connectivity index (χ3v) is 5.67. The van der Waals surface area contributed by atoms with E-state index >= 15 is 0 Å². The highest BCUT2D eigenvalue weighted by molar-refractivity contribution is 7.92. The minimum absolute atomic E-state index is 0.119. The van der Waals surface area contributed by atoms with Crippen LogP contribution < -0.4 is 10.1 Å². The fourth-order valence-corrected chi connectivity index (χ4v) is 2.82. The predicted octanol–water partition coefficient (Wildman–Crippen LogP) is 2.56. The molecule has 0 aliphatic carbocycles. The molecule has 0 bridgehead atoms. The summed E-state index contributed by atoms with van der Waals surface area (Å²) in [6, 6.07) is 7.29. The van der Waals surface area contributed by atoms with Gasteiger partial charge in [-0.15, -0.1) is 0 Å². The minimum Gasteiger partial charge on any atom is -0.491 e. The molecular weight excluding hydrogens is 274 g/mol. The van der Waals surface area contributed by atoms with Gasteiger partial charge in [0.15, 0.2) is 9.84 Å². The van der Waals surface area contributed by atoms with E-state index in [1.165, 1.54) is 6.26 Å². The van der Waals surface area contributed by atoms with Gasteiger partial charge in [0.05, 0.1) is 16.9 Å². The number of rotatable bonds is 6. The van der Waals surface area contributed by atoms with Crippen molar-refractivity contribution in [3.63, 3.8) is 0 Å². The van der Waals surface area contributed by atoms with E-state index in [1.54, 1.807) is 20.9 Å². The summed E-state index contributed by atoms with van der Waals surface area (Å²) >= 11 is 0. The van der Waals surface area contributed by atoms with Gasteiger partial charge in [-0.2, -0.15) is 0 Å². The van der Waals surface area contributed by atoms with Crippen LogP contribution in [0.5, 0.6) is 5.75 Å². The lowest BCUT2D eigenvalue weighted by Gasteiger charge is -2.33. The number of nitrogens with one attached hydrogen (secondary N) is 1. The maximum atomic E-state index is 12.0. The Kier molecular flexibility index (Phi) is 5.21. The molecule has 4 nitrogen and oxygen atoms in total. The van der Waals surface area contributed by atoms with Gasteiger partial charge in [-0.1, -0.05) is 12.1 Å². The molecule has 0 aromatic heterocycles. The lowest BCUT2D eigenvalue weighted by Crippen LogP contribution is -2.43. The van der Waals surface area contributed by atoms with Gasteiger partial charge >= 0.3 is 0 Å². The Labute approximate surface area is 122 Å². The highest BCUT2D eigenvalue weighted by atomic mass is 32.2.